The molecule has 0 bridgehead atoms. The summed E-state index contributed by atoms with van der Waals surface area (Å²) in [5.41, 5.74) is 0.548. The summed E-state index contributed by atoms with van der Waals surface area (Å²) in [5.74, 6) is -3.16. The van der Waals surface area contributed by atoms with Crippen LogP contribution in [-0.2, 0) is 38.4 Å². The maximum Gasteiger partial charge on any atom is 0.290 e. The molecule has 15 nitrogen and oxygen atoms in total. The Kier molecular flexibility index (Phi) is 18.1. The van der Waals surface area contributed by atoms with Crippen LogP contribution in [0.3, 0.4) is 0 Å². The number of hydrogen-bond acceptors (Lipinski definition) is 10. The van der Waals surface area contributed by atoms with Crippen molar-refractivity contribution >= 4 is 70.7 Å². The monoisotopic (exact) mass is 857 g/mol. The molecule has 17 heteroatoms. The number of thioether (sulfide) groups is 2. The number of ketones is 1. The zero-order valence-electron chi connectivity index (χ0n) is 35.3. The lowest BCUT2D eigenvalue weighted by Gasteiger charge is -2.36. The number of nitrogens with one attached hydrogen (secondary N) is 5. The number of Topliss-reactive ketones (excluding diaryl/α,β-unsaturated/α-hetero) is 1. The van der Waals surface area contributed by atoms with E-state index in [-0.39, 0.29) is 42.5 Å². The van der Waals surface area contributed by atoms with Crippen LogP contribution in [0.2, 0.25) is 0 Å². The number of carbonyl (C=O) groups excluding carboxylic acids is 8. The van der Waals surface area contributed by atoms with Crippen LogP contribution in [0, 0.1) is 11.8 Å². The third-order valence-corrected chi connectivity index (χ3v) is 14.3. The molecule has 326 valence electrons. The number of benzene rings is 1. The lowest BCUT2D eigenvalue weighted by atomic mass is 9.83. The van der Waals surface area contributed by atoms with Crippen molar-refractivity contribution in [1.82, 2.24) is 36.4 Å². The predicted octanol–water partition coefficient (Wildman–Crippen LogP) is 2.69. The SMILES string of the molecule is CCCC(NC(=O)[C@@H]1CC2(CN1C(=O)[C@@H](NC(=O)[C@H](CC(C)C)NC(C)=O)C1CCCCC1)SCCCS2)C(=O)C(=O)NCC(=O)NC(C(=O)N(C)C)c1ccccc1. The van der Waals surface area contributed by atoms with Crippen molar-refractivity contribution in [2.45, 2.75) is 126 Å². The molecule has 3 aliphatic rings. The molecule has 3 fully saturated rings. The minimum Gasteiger partial charge on any atom is -0.347 e. The summed E-state index contributed by atoms with van der Waals surface area (Å²) in [6, 6.07) is 3.68. The zero-order chi connectivity index (χ0) is 43.3. The fraction of sp³-hybridized carbons (Fsp3) is 0.667. The Labute approximate surface area is 356 Å². The molecule has 2 unspecified atom stereocenters. The molecular weight excluding hydrogens is 795 g/mol. The van der Waals surface area contributed by atoms with E-state index in [2.05, 4.69) is 26.6 Å². The Balaban J connectivity index is 1.52. The van der Waals surface area contributed by atoms with Crippen LogP contribution in [0.15, 0.2) is 30.3 Å². The molecule has 0 aromatic heterocycles. The third kappa shape index (κ3) is 13.4. The zero-order valence-corrected chi connectivity index (χ0v) is 36.9. The summed E-state index contributed by atoms with van der Waals surface area (Å²) in [6.07, 6.45) is 6.55. The van der Waals surface area contributed by atoms with Crippen LogP contribution < -0.4 is 26.6 Å². The predicted molar refractivity (Wildman–Crippen MR) is 229 cm³/mol. The van der Waals surface area contributed by atoms with Gasteiger partial charge in [0.15, 0.2) is 0 Å². The largest absolute Gasteiger partial charge is 0.347 e. The first-order chi connectivity index (χ1) is 28.1. The smallest absolute Gasteiger partial charge is 0.290 e. The third-order valence-electron chi connectivity index (χ3n) is 11.0. The van der Waals surface area contributed by atoms with Crippen molar-refractivity contribution in [1.29, 1.82) is 0 Å². The van der Waals surface area contributed by atoms with Crippen molar-refractivity contribution in [3.8, 4) is 0 Å². The molecule has 59 heavy (non-hydrogen) atoms. The molecule has 5 atom stereocenters. The van der Waals surface area contributed by atoms with Gasteiger partial charge in [0.2, 0.25) is 41.2 Å². The maximum absolute atomic E-state index is 14.9. The number of rotatable bonds is 18. The topological polar surface area (TPSA) is 203 Å². The van der Waals surface area contributed by atoms with E-state index in [4.69, 9.17) is 0 Å². The second-order valence-electron chi connectivity index (χ2n) is 16.5. The Morgan fingerprint density at radius 3 is 2.12 bits per heavy atom. The number of carbonyl (C=O) groups is 8. The Morgan fingerprint density at radius 1 is 0.864 bits per heavy atom. The Bertz CT molecular complexity index is 1670. The lowest BCUT2D eigenvalue weighted by Crippen LogP contribution is -2.60. The van der Waals surface area contributed by atoms with Gasteiger partial charge in [-0.15, -0.1) is 23.5 Å². The number of hydrogen-bond donors (Lipinski definition) is 5. The number of amides is 7. The standard InChI is InChI=1S/C42H63N7O8S2/c1-7-15-30(36(52)39(55)43-24-33(51)46-34(40(56)48(5)6)28-16-10-8-11-17-28)45-38(54)32-23-42(58-20-14-21-59-42)25-49(32)41(57)35(29-18-12-9-13-19-29)47-37(53)31(22-26(2)3)44-27(4)50/h8,10-11,16-17,26,29-32,34-35H,7,9,12-15,18-25H2,1-6H3,(H,43,55)(H,44,50)(H,45,54)(H,46,51)(H,47,53)/t30?,31-,32-,34?,35-/m0/s1. The van der Waals surface area contributed by atoms with Crippen LogP contribution in [0.5, 0.6) is 0 Å². The molecule has 0 radical (unpaired) electrons. The van der Waals surface area contributed by atoms with Gasteiger partial charge in [0.1, 0.15) is 24.2 Å². The van der Waals surface area contributed by atoms with Gasteiger partial charge in [0, 0.05) is 34.0 Å². The van der Waals surface area contributed by atoms with Gasteiger partial charge in [-0.1, -0.05) is 76.8 Å². The second-order valence-corrected chi connectivity index (χ2v) is 19.7. The average molecular weight is 858 g/mol. The summed E-state index contributed by atoms with van der Waals surface area (Å²) < 4.78 is -0.464. The lowest BCUT2D eigenvalue weighted by molar-refractivity contribution is -0.145. The maximum atomic E-state index is 14.9. The number of likely N-dealkylation sites (N-methyl/N-ethyl adjacent to an activating group) is 1. The highest BCUT2D eigenvalue weighted by molar-refractivity contribution is 8.18. The summed E-state index contributed by atoms with van der Waals surface area (Å²) in [5, 5.41) is 13.5. The van der Waals surface area contributed by atoms with Crippen LogP contribution in [0.25, 0.3) is 0 Å². The van der Waals surface area contributed by atoms with Crippen LogP contribution in [-0.4, -0.2) is 124 Å². The van der Waals surface area contributed by atoms with Crippen LogP contribution >= 0.6 is 23.5 Å². The molecule has 2 aliphatic heterocycles. The van der Waals surface area contributed by atoms with Crippen molar-refractivity contribution < 1.29 is 38.4 Å². The first-order valence-corrected chi connectivity index (χ1v) is 22.9. The molecule has 1 saturated carbocycles. The van der Waals surface area contributed by atoms with E-state index in [0.29, 0.717) is 24.8 Å². The van der Waals surface area contributed by atoms with E-state index in [0.717, 1.165) is 50.0 Å². The molecule has 5 N–H and O–H groups in total. The van der Waals surface area contributed by atoms with Gasteiger partial charge in [-0.25, -0.2) is 0 Å². The van der Waals surface area contributed by atoms with E-state index in [1.807, 2.05) is 20.8 Å². The van der Waals surface area contributed by atoms with Crippen molar-refractivity contribution in [3.05, 3.63) is 35.9 Å². The van der Waals surface area contributed by atoms with Crippen LogP contribution in [0.4, 0.5) is 0 Å². The van der Waals surface area contributed by atoms with Gasteiger partial charge in [0.05, 0.1) is 16.7 Å². The molecular formula is C42H63N7O8S2. The van der Waals surface area contributed by atoms with E-state index in [9.17, 15) is 38.4 Å². The highest BCUT2D eigenvalue weighted by Crippen LogP contribution is 2.50. The van der Waals surface area contributed by atoms with Crippen molar-refractivity contribution in [2.75, 3.05) is 38.7 Å². The van der Waals surface area contributed by atoms with Gasteiger partial charge in [-0.05, 0) is 61.0 Å². The summed E-state index contributed by atoms with van der Waals surface area (Å²) >= 11 is 3.42. The van der Waals surface area contributed by atoms with Gasteiger partial charge in [-0.3, -0.25) is 38.4 Å². The van der Waals surface area contributed by atoms with E-state index >= 15 is 0 Å². The second kappa shape index (κ2) is 22.5. The number of nitrogens with zero attached hydrogens (tertiary/aromatic N) is 2. The van der Waals surface area contributed by atoms with E-state index in [1.165, 1.54) is 11.8 Å². The first-order valence-electron chi connectivity index (χ1n) is 20.9. The molecule has 7 amide bonds. The highest BCUT2D eigenvalue weighted by Gasteiger charge is 2.52. The quantitative estimate of drug-likeness (QED) is 0.137. The molecule has 1 aliphatic carbocycles. The molecule has 2 heterocycles. The Hall–Kier alpha value is -4.12. The van der Waals surface area contributed by atoms with Crippen molar-refractivity contribution in [3.63, 3.8) is 0 Å². The van der Waals surface area contributed by atoms with E-state index < -0.39 is 70.2 Å². The Morgan fingerprint density at radius 2 is 1.53 bits per heavy atom. The molecule has 1 aromatic rings. The average Bonchev–Trinajstić information content (AvgIpc) is 3.58. The molecule has 1 aromatic carbocycles. The van der Waals surface area contributed by atoms with Gasteiger partial charge in [0.25, 0.3) is 5.91 Å². The van der Waals surface area contributed by atoms with Crippen molar-refractivity contribution in [2.24, 2.45) is 11.8 Å². The minimum absolute atomic E-state index is 0.0945. The summed E-state index contributed by atoms with van der Waals surface area (Å²) in [4.78, 5) is 111. The fourth-order valence-electron chi connectivity index (χ4n) is 8.00. The molecule has 1 spiro atoms. The summed E-state index contributed by atoms with van der Waals surface area (Å²) in [7, 11) is 3.12. The molecule has 4 rings (SSSR count). The molecule has 2 saturated heterocycles. The van der Waals surface area contributed by atoms with Crippen LogP contribution in [0.1, 0.15) is 104 Å². The normalized spacial score (nSPS) is 19.8. The first kappa shape index (κ1) is 47.6. The van der Waals surface area contributed by atoms with E-state index in [1.54, 1.807) is 72.9 Å². The van der Waals surface area contributed by atoms with Gasteiger partial charge in [-0.2, -0.15) is 0 Å². The van der Waals surface area contributed by atoms with Gasteiger partial charge >= 0.3 is 0 Å². The van der Waals surface area contributed by atoms with Gasteiger partial charge < -0.3 is 36.4 Å². The summed E-state index contributed by atoms with van der Waals surface area (Å²) in [6.45, 7) is 6.75. The number of likely N-dealkylation sites (tertiary alicyclic amines) is 1. The minimum atomic E-state index is -1.23. The fourth-order valence-corrected chi connectivity index (χ4v) is 11.3. The highest BCUT2D eigenvalue weighted by atomic mass is 32.2.